The van der Waals surface area contributed by atoms with Gasteiger partial charge in [0.2, 0.25) is 0 Å². The standard InChI is InChI=1S/C13H16N2O2/c1-3-17-13(16)6-12-9(2)10(7-14)4-5-11(12)8-15/h4-5H,3,6-7,14H2,1-2H3. The number of nitriles is 1. The fourth-order valence-electron chi connectivity index (χ4n) is 1.72. The first kappa shape index (κ1) is 13.2. The molecule has 4 heteroatoms. The topological polar surface area (TPSA) is 76.1 Å². The molecule has 0 aromatic heterocycles. The van der Waals surface area contributed by atoms with Crippen LogP contribution in [0.25, 0.3) is 0 Å². The molecule has 0 fully saturated rings. The Balaban J connectivity index is 3.11. The van der Waals surface area contributed by atoms with Crippen molar-refractivity contribution in [2.75, 3.05) is 6.61 Å². The van der Waals surface area contributed by atoms with Crippen LogP contribution in [0.4, 0.5) is 0 Å². The molecular weight excluding hydrogens is 216 g/mol. The maximum atomic E-state index is 11.5. The van der Waals surface area contributed by atoms with E-state index in [4.69, 9.17) is 15.7 Å². The van der Waals surface area contributed by atoms with Crippen LogP contribution < -0.4 is 5.73 Å². The highest BCUT2D eigenvalue weighted by molar-refractivity contribution is 5.74. The average molecular weight is 232 g/mol. The summed E-state index contributed by atoms with van der Waals surface area (Å²) >= 11 is 0. The molecule has 0 spiro atoms. The van der Waals surface area contributed by atoms with Gasteiger partial charge in [-0.05, 0) is 36.6 Å². The van der Waals surface area contributed by atoms with E-state index in [9.17, 15) is 4.79 Å². The first-order valence-corrected chi connectivity index (χ1v) is 5.51. The van der Waals surface area contributed by atoms with Crippen LogP contribution in [0.15, 0.2) is 12.1 Å². The highest BCUT2D eigenvalue weighted by atomic mass is 16.5. The minimum absolute atomic E-state index is 0.121. The molecule has 0 amide bonds. The molecule has 1 aromatic carbocycles. The Morgan fingerprint density at radius 2 is 2.24 bits per heavy atom. The molecule has 0 saturated heterocycles. The number of rotatable bonds is 4. The average Bonchev–Trinajstić information content (AvgIpc) is 2.32. The van der Waals surface area contributed by atoms with Crippen LogP contribution in [0.2, 0.25) is 0 Å². The lowest BCUT2D eigenvalue weighted by atomic mass is 9.95. The number of carbonyl (C=O) groups excluding carboxylic acids is 1. The predicted octanol–water partition coefficient (Wildman–Crippen LogP) is 1.43. The third kappa shape index (κ3) is 3.05. The molecule has 0 bridgehead atoms. The van der Waals surface area contributed by atoms with Gasteiger partial charge in [-0.1, -0.05) is 6.07 Å². The summed E-state index contributed by atoms with van der Waals surface area (Å²) < 4.78 is 4.89. The molecule has 0 atom stereocenters. The van der Waals surface area contributed by atoms with Gasteiger partial charge in [0.1, 0.15) is 0 Å². The van der Waals surface area contributed by atoms with Gasteiger partial charge in [0.05, 0.1) is 24.7 Å². The first-order valence-electron chi connectivity index (χ1n) is 5.51. The van der Waals surface area contributed by atoms with Gasteiger partial charge in [-0.25, -0.2) is 0 Å². The van der Waals surface area contributed by atoms with Crippen LogP contribution in [0.5, 0.6) is 0 Å². The predicted molar refractivity (Wildman–Crippen MR) is 64.1 cm³/mol. The second-order valence-electron chi connectivity index (χ2n) is 3.67. The number of ether oxygens (including phenoxy) is 1. The van der Waals surface area contributed by atoms with Crippen LogP contribution in [0.3, 0.4) is 0 Å². The van der Waals surface area contributed by atoms with Crippen molar-refractivity contribution in [2.45, 2.75) is 26.8 Å². The summed E-state index contributed by atoms with van der Waals surface area (Å²) in [4.78, 5) is 11.5. The van der Waals surface area contributed by atoms with Gasteiger partial charge >= 0.3 is 5.97 Å². The molecule has 0 unspecified atom stereocenters. The van der Waals surface area contributed by atoms with Gasteiger partial charge in [-0.2, -0.15) is 5.26 Å². The Bertz CT molecular complexity index is 461. The number of carbonyl (C=O) groups is 1. The highest BCUT2D eigenvalue weighted by Gasteiger charge is 2.13. The van der Waals surface area contributed by atoms with Crippen LogP contribution in [-0.4, -0.2) is 12.6 Å². The van der Waals surface area contributed by atoms with Crippen molar-refractivity contribution in [3.63, 3.8) is 0 Å². The van der Waals surface area contributed by atoms with Crippen molar-refractivity contribution in [1.82, 2.24) is 0 Å². The van der Waals surface area contributed by atoms with Gasteiger partial charge in [-0.3, -0.25) is 4.79 Å². The summed E-state index contributed by atoms with van der Waals surface area (Å²) in [6.45, 7) is 4.37. The fourth-order valence-corrected chi connectivity index (χ4v) is 1.72. The maximum absolute atomic E-state index is 11.5. The van der Waals surface area contributed by atoms with E-state index in [0.717, 1.165) is 11.1 Å². The van der Waals surface area contributed by atoms with E-state index in [1.165, 1.54) is 0 Å². The van der Waals surface area contributed by atoms with Crippen LogP contribution >= 0.6 is 0 Å². The second-order valence-corrected chi connectivity index (χ2v) is 3.67. The molecule has 0 saturated carbocycles. The van der Waals surface area contributed by atoms with Crippen molar-refractivity contribution < 1.29 is 9.53 Å². The van der Waals surface area contributed by atoms with Gasteiger partial charge < -0.3 is 10.5 Å². The van der Waals surface area contributed by atoms with Crippen molar-refractivity contribution in [3.8, 4) is 6.07 Å². The minimum atomic E-state index is -0.318. The first-order chi connectivity index (χ1) is 8.13. The SMILES string of the molecule is CCOC(=O)Cc1c(C#N)ccc(CN)c1C. The van der Waals surface area contributed by atoms with Crippen molar-refractivity contribution >= 4 is 5.97 Å². The van der Waals surface area contributed by atoms with E-state index >= 15 is 0 Å². The lowest BCUT2D eigenvalue weighted by Gasteiger charge is -2.11. The van der Waals surface area contributed by atoms with E-state index in [1.807, 2.05) is 13.0 Å². The fraction of sp³-hybridized carbons (Fsp3) is 0.385. The smallest absolute Gasteiger partial charge is 0.310 e. The van der Waals surface area contributed by atoms with Crippen LogP contribution in [0, 0.1) is 18.3 Å². The van der Waals surface area contributed by atoms with E-state index in [-0.39, 0.29) is 12.4 Å². The second kappa shape index (κ2) is 6.02. The quantitative estimate of drug-likeness (QED) is 0.797. The van der Waals surface area contributed by atoms with E-state index in [1.54, 1.807) is 13.0 Å². The largest absolute Gasteiger partial charge is 0.466 e. The summed E-state index contributed by atoms with van der Waals surface area (Å²) in [6.07, 6.45) is 0.121. The molecule has 90 valence electrons. The zero-order valence-corrected chi connectivity index (χ0v) is 10.1. The Hall–Kier alpha value is -1.86. The minimum Gasteiger partial charge on any atom is -0.466 e. The summed E-state index contributed by atoms with van der Waals surface area (Å²) in [7, 11) is 0. The molecule has 0 aliphatic rings. The summed E-state index contributed by atoms with van der Waals surface area (Å²) in [5, 5.41) is 9.02. The highest BCUT2D eigenvalue weighted by Crippen LogP contribution is 2.19. The number of esters is 1. The monoisotopic (exact) mass is 232 g/mol. The summed E-state index contributed by atoms with van der Waals surface area (Å²) in [6, 6.07) is 5.61. The lowest BCUT2D eigenvalue weighted by Crippen LogP contribution is -2.12. The molecule has 2 N–H and O–H groups in total. The van der Waals surface area contributed by atoms with Gasteiger partial charge in [0, 0.05) is 6.54 Å². The normalized spacial score (nSPS) is 9.76. The zero-order chi connectivity index (χ0) is 12.8. The van der Waals surface area contributed by atoms with Crippen LogP contribution in [-0.2, 0) is 22.5 Å². The van der Waals surface area contributed by atoms with Gasteiger partial charge in [-0.15, -0.1) is 0 Å². The molecule has 1 aromatic rings. The van der Waals surface area contributed by atoms with Gasteiger partial charge in [0.25, 0.3) is 0 Å². The van der Waals surface area contributed by atoms with E-state index < -0.39 is 0 Å². The molecular formula is C13H16N2O2. The number of hydrogen-bond donors (Lipinski definition) is 1. The molecule has 1 rings (SSSR count). The Labute approximate surface area is 101 Å². The molecule has 0 heterocycles. The van der Waals surface area contributed by atoms with Gasteiger partial charge in [0.15, 0.2) is 0 Å². The summed E-state index contributed by atoms with van der Waals surface area (Å²) in [5.74, 6) is -0.318. The van der Waals surface area contributed by atoms with E-state index in [0.29, 0.717) is 24.3 Å². The molecule has 0 radical (unpaired) electrons. The van der Waals surface area contributed by atoms with Crippen molar-refractivity contribution in [3.05, 3.63) is 34.4 Å². The Kier molecular flexibility index (Phi) is 4.68. The molecule has 0 aliphatic carbocycles. The number of nitrogens with zero attached hydrogens (tertiary/aromatic N) is 1. The van der Waals surface area contributed by atoms with Crippen molar-refractivity contribution in [2.24, 2.45) is 5.73 Å². The third-order valence-electron chi connectivity index (χ3n) is 2.68. The molecule has 4 nitrogen and oxygen atoms in total. The Morgan fingerprint density at radius 3 is 2.76 bits per heavy atom. The van der Waals surface area contributed by atoms with E-state index in [2.05, 4.69) is 6.07 Å². The molecule has 17 heavy (non-hydrogen) atoms. The third-order valence-corrected chi connectivity index (χ3v) is 2.68. The Morgan fingerprint density at radius 1 is 1.53 bits per heavy atom. The number of nitrogens with two attached hydrogens (primary N) is 1. The summed E-state index contributed by atoms with van der Waals surface area (Å²) in [5.41, 5.74) is 8.68. The number of hydrogen-bond acceptors (Lipinski definition) is 4. The zero-order valence-electron chi connectivity index (χ0n) is 10.1. The number of benzene rings is 1. The van der Waals surface area contributed by atoms with Crippen LogP contribution in [0.1, 0.15) is 29.2 Å². The molecule has 0 aliphatic heterocycles. The van der Waals surface area contributed by atoms with Crippen molar-refractivity contribution in [1.29, 1.82) is 5.26 Å². The lowest BCUT2D eigenvalue weighted by molar-refractivity contribution is -0.142. The maximum Gasteiger partial charge on any atom is 0.310 e.